The second kappa shape index (κ2) is 7.52. The molecule has 0 spiro atoms. The molecule has 0 aliphatic heterocycles. The van der Waals surface area contributed by atoms with Gasteiger partial charge in [0.25, 0.3) is 0 Å². The summed E-state index contributed by atoms with van der Waals surface area (Å²) in [4.78, 5) is 12.5. The van der Waals surface area contributed by atoms with Gasteiger partial charge < -0.3 is 8.98 Å². The van der Waals surface area contributed by atoms with Gasteiger partial charge in [0.1, 0.15) is 11.5 Å². The second-order valence-corrected chi connectivity index (χ2v) is 6.49. The topological polar surface area (TPSA) is 35.1 Å². The fraction of sp³-hybridized carbons (Fsp3) is 0. The highest BCUT2D eigenvalue weighted by molar-refractivity contribution is 6.30. The zero-order valence-electron chi connectivity index (χ0n) is 14.4. The zero-order valence-corrected chi connectivity index (χ0v) is 15.1. The Labute approximate surface area is 162 Å². The number of hydrogen-bond donors (Lipinski definition) is 0. The van der Waals surface area contributed by atoms with E-state index in [0.29, 0.717) is 22.1 Å². The third kappa shape index (κ3) is 3.94. The molecule has 0 N–H and O–H groups in total. The quantitative estimate of drug-likeness (QED) is 0.304. The van der Waals surface area contributed by atoms with Crippen molar-refractivity contribution in [2.75, 3.05) is 0 Å². The zero-order chi connectivity index (χ0) is 18.6. The fourth-order valence-corrected chi connectivity index (χ4v) is 3.01. The lowest BCUT2D eigenvalue weighted by molar-refractivity contribution is 0.104. The van der Waals surface area contributed by atoms with E-state index in [-0.39, 0.29) is 5.78 Å². The van der Waals surface area contributed by atoms with E-state index in [2.05, 4.69) is 0 Å². The maximum absolute atomic E-state index is 12.5. The van der Waals surface area contributed by atoms with Crippen LogP contribution in [0.2, 0.25) is 5.02 Å². The van der Waals surface area contributed by atoms with Crippen molar-refractivity contribution in [3.8, 4) is 17.0 Å². The Bertz CT molecular complexity index is 1110. The van der Waals surface area contributed by atoms with Crippen LogP contribution in [0.5, 0.6) is 0 Å². The third-order valence-corrected chi connectivity index (χ3v) is 4.40. The Morgan fingerprint density at radius 2 is 1.74 bits per heavy atom. The molecule has 4 aromatic rings. The molecular weight excluding hydrogens is 358 g/mol. The van der Waals surface area contributed by atoms with Gasteiger partial charge in [-0.1, -0.05) is 35.9 Å². The van der Waals surface area contributed by atoms with Crippen LogP contribution in [-0.2, 0) is 0 Å². The number of carbonyl (C=O) groups excluding carboxylic acids is 1. The van der Waals surface area contributed by atoms with E-state index in [4.69, 9.17) is 16.0 Å². The summed E-state index contributed by atoms with van der Waals surface area (Å²) in [5.74, 6) is 1.24. The van der Waals surface area contributed by atoms with Gasteiger partial charge in [0.15, 0.2) is 5.78 Å². The molecule has 0 saturated carbocycles. The summed E-state index contributed by atoms with van der Waals surface area (Å²) in [6.07, 6.45) is 7.09. The van der Waals surface area contributed by atoms with Gasteiger partial charge in [0.05, 0.1) is 0 Å². The SMILES string of the molecule is O=C(/C=C/c1ccc(-c2cccc(Cl)c2)o1)c1cccc(-n2cccc2)c1. The van der Waals surface area contributed by atoms with E-state index in [1.807, 2.05) is 83.7 Å². The molecule has 2 aromatic carbocycles. The van der Waals surface area contributed by atoms with E-state index in [1.54, 1.807) is 12.1 Å². The Balaban J connectivity index is 1.52. The number of aromatic nitrogens is 1. The van der Waals surface area contributed by atoms with E-state index < -0.39 is 0 Å². The van der Waals surface area contributed by atoms with Gasteiger partial charge in [-0.3, -0.25) is 4.79 Å². The Morgan fingerprint density at radius 3 is 2.56 bits per heavy atom. The van der Waals surface area contributed by atoms with Crippen molar-refractivity contribution >= 4 is 23.5 Å². The van der Waals surface area contributed by atoms with Crippen LogP contribution in [0.25, 0.3) is 23.1 Å². The first kappa shape index (κ1) is 17.1. The average Bonchev–Trinajstić information content (AvgIpc) is 3.38. The molecular formula is C23H16ClNO2. The molecule has 2 aromatic heterocycles. The van der Waals surface area contributed by atoms with Crippen LogP contribution in [-0.4, -0.2) is 10.4 Å². The number of halogens is 1. The minimum Gasteiger partial charge on any atom is -0.457 e. The smallest absolute Gasteiger partial charge is 0.186 e. The number of allylic oxidation sites excluding steroid dienone is 1. The van der Waals surface area contributed by atoms with Crippen LogP contribution in [0.4, 0.5) is 0 Å². The molecule has 0 bridgehead atoms. The predicted octanol–water partition coefficient (Wildman–Crippen LogP) is 6.29. The summed E-state index contributed by atoms with van der Waals surface area (Å²) in [6.45, 7) is 0. The van der Waals surface area contributed by atoms with Crippen molar-refractivity contribution in [2.45, 2.75) is 0 Å². The molecule has 132 valence electrons. The van der Waals surface area contributed by atoms with Crippen LogP contribution in [0.1, 0.15) is 16.1 Å². The number of hydrogen-bond acceptors (Lipinski definition) is 2. The van der Waals surface area contributed by atoms with Crippen molar-refractivity contribution < 1.29 is 9.21 Å². The molecule has 0 aliphatic carbocycles. The van der Waals surface area contributed by atoms with Gasteiger partial charge >= 0.3 is 0 Å². The van der Waals surface area contributed by atoms with Crippen molar-refractivity contribution in [1.82, 2.24) is 4.57 Å². The predicted molar refractivity (Wildman–Crippen MR) is 108 cm³/mol. The van der Waals surface area contributed by atoms with Crippen molar-refractivity contribution in [2.24, 2.45) is 0 Å². The third-order valence-electron chi connectivity index (χ3n) is 4.17. The van der Waals surface area contributed by atoms with Gasteiger partial charge in [-0.05, 0) is 60.7 Å². The Hall–Kier alpha value is -3.30. The molecule has 0 saturated heterocycles. The minimum atomic E-state index is -0.0790. The largest absolute Gasteiger partial charge is 0.457 e. The molecule has 0 fully saturated rings. The molecule has 4 heteroatoms. The van der Waals surface area contributed by atoms with Crippen molar-refractivity contribution in [3.05, 3.63) is 108 Å². The van der Waals surface area contributed by atoms with Crippen LogP contribution in [0, 0.1) is 0 Å². The number of nitrogens with zero attached hydrogens (tertiary/aromatic N) is 1. The van der Waals surface area contributed by atoms with E-state index in [1.165, 1.54) is 6.08 Å². The Kier molecular flexibility index (Phi) is 4.77. The monoisotopic (exact) mass is 373 g/mol. The summed E-state index contributed by atoms with van der Waals surface area (Å²) in [6, 6.07) is 22.6. The molecule has 27 heavy (non-hydrogen) atoms. The lowest BCUT2D eigenvalue weighted by Gasteiger charge is -2.04. The highest BCUT2D eigenvalue weighted by Crippen LogP contribution is 2.25. The highest BCUT2D eigenvalue weighted by Gasteiger charge is 2.06. The normalized spacial score (nSPS) is 11.1. The molecule has 3 nitrogen and oxygen atoms in total. The summed E-state index contributed by atoms with van der Waals surface area (Å²) in [7, 11) is 0. The first-order valence-corrected chi connectivity index (χ1v) is 8.88. The molecule has 0 amide bonds. The molecule has 2 heterocycles. The Morgan fingerprint density at radius 1 is 0.926 bits per heavy atom. The fourth-order valence-electron chi connectivity index (χ4n) is 2.82. The summed E-state index contributed by atoms with van der Waals surface area (Å²) in [5, 5.41) is 0.652. The van der Waals surface area contributed by atoms with E-state index in [9.17, 15) is 4.79 Å². The van der Waals surface area contributed by atoms with Gasteiger partial charge in [0, 0.05) is 34.2 Å². The van der Waals surface area contributed by atoms with Crippen LogP contribution < -0.4 is 0 Å². The van der Waals surface area contributed by atoms with Gasteiger partial charge in [-0.25, -0.2) is 0 Å². The van der Waals surface area contributed by atoms with Crippen LogP contribution in [0.3, 0.4) is 0 Å². The van der Waals surface area contributed by atoms with E-state index in [0.717, 1.165) is 11.3 Å². The average molecular weight is 374 g/mol. The first-order valence-electron chi connectivity index (χ1n) is 8.51. The van der Waals surface area contributed by atoms with Gasteiger partial charge in [-0.2, -0.15) is 0 Å². The van der Waals surface area contributed by atoms with Crippen molar-refractivity contribution in [1.29, 1.82) is 0 Å². The van der Waals surface area contributed by atoms with Crippen LogP contribution in [0.15, 0.2) is 95.7 Å². The summed E-state index contributed by atoms with van der Waals surface area (Å²) < 4.78 is 7.75. The van der Waals surface area contributed by atoms with Crippen molar-refractivity contribution in [3.63, 3.8) is 0 Å². The maximum Gasteiger partial charge on any atom is 0.186 e. The minimum absolute atomic E-state index is 0.0790. The number of benzene rings is 2. The van der Waals surface area contributed by atoms with E-state index >= 15 is 0 Å². The first-order chi connectivity index (χ1) is 13.2. The maximum atomic E-state index is 12.5. The molecule has 0 unspecified atom stereocenters. The van der Waals surface area contributed by atoms with Crippen LogP contribution >= 0.6 is 11.6 Å². The number of rotatable bonds is 5. The molecule has 4 rings (SSSR count). The summed E-state index contributed by atoms with van der Waals surface area (Å²) >= 11 is 6.02. The molecule has 0 aliphatic rings. The number of furan rings is 1. The number of carbonyl (C=O) groups is 1. The standard InChI is InChI=1S/C23H16ClNO2/c24-19-7-3-6-18(15-19)23-12-10-21(27-23)9-11-22(26)17-5-4-8-20(16-17)25-13-1-2-14-25/h1-16H/b11-9+. The molecule has 0 atom stereocenters. The molecule has 0 radical (unpaired) electrons. The highest BCUT2D eigenvalue weighted by atomic mass is 35.5. The van der Waals surface area contributed by atoms with Gasteiger partial charge in [-0.15, -0.1) is 0 Å². The second-order valence-electron chi connectivity index (χ2n) is 6.05. The lowest BCUT2D eigenvalue weighted by atomic mass is 10.1. The lowest BCUT2D eigenvalue weighted by Crippen LogP contribution is -1.97. The summed E-state index contributed by atoms with van der Waals surface area (Å²) in [5.41, 5.74) is 2.47. The van der Waals surface area contributed by atoms with Gasteiger partial charge in [0.2, 0.25) is 0 Å². The number of ketones is 1.